The van der Waals surface area contributed by atoms with Crippen molar-refractivity contribution >= 4 is 27.5 Å². The van der Waals surface area contributed by atoms with Gasteiger partial charge in [0.15, 0.2) is 0 Å². The predicted molar refractivity (Wildman–Crippen MR) is 59.8 cm³/mol. The molecule has 0 saturated heterocycles. The van der Waals surface area contributed by atoms with Crippen LogP contribution in [0, 0.1) is 5.82 Å². The third kappa shape index (κ3) is 3.16. The molecule has 0 aromatic heterocycles. The number of allylic oxidation sites excluding steroid dienone is 1. The average molecular weight is 273 g/mol. The Labute approximate surface area is 95.9 Å². The first-order valence-corrected chi connectivity index (χ1v) is 5.05. The fraction of sp³-hybridized carbons (Fsp3) is 0.182. The number of methoxy groups -OCH3 is 1. The summed E-state index contributed by atoms with van der Waals surface area (Å²) in [5, 5.41) is 0. The van der Waals surface area contributed by atoms with Crippen LogP contribution in [0.3, 0.4) is 0 Å². The number of ether oxygens (including phenoxy) is 1. The van der Waals surface area contributed by atoms with Gasteiger partial charge in [0.2, 0.25) is 0 Å². The number of esters is 1. The summed E-state index contributed by atoms with van der Waals surface area (Å²) in [6.07, 6.45) is 1.32. The maximum absolute atomic E-state index is 13.2. The fourth-order valence-corrected chi connectivity index (χ4v) is 1.31. The zero-order valence-corrected chi connectivity index (χ0v) is 9.97. The quantitative estimate of drug-likeness (QED) is 0.611. The minimum atomic E-state index is -0.448. The molecule has 0 atom stereocenters. The van der Waals surface area contributed by atoms with Crippen LogP contribution in [0.5, 0.6) is 0 Å². The first-order chi connectivity index (χ1) is 7.04. The van der Waals surface area contributed by atoms with Crippen LogP contribution in [-0.4, -0.2) is 13.1 Å². The Morgan fingerprint density at radius 2 is 2.20 bits per heavy atom. The fourth-order valence-electron chi connectivity index (χ4n) is 1.06. The maximum Gasteiger partial charge on any atom is 0.330 e. The van der Waals surface area contributed by atoms with E-state index in [4.69, 9.17) is 0 Å². The second-order valence-corrected chi connectivity index (χ2v) is 3.83. The molecule has 0 aliphatic heterocycles. The minimum Gasteiger partial charge on any atom is -0.466 e. The predicted octanol–water partition coefficient (Wildman–Crippen LogP) is 3.16. The number of hydrogen-bond donors (Lipinski definition) is 0. The largest absolute Gasteiger partial charge is 0.466 e. The van der Waals surface area contributed by atoms with Crippen LogP contribution in [0.15, 0.2) is 28.7 Å². The lowest BCUT2D eigenvalue weighted by Gasteiger charge is -2.02. The highest BCUT2D eigenvalue weighted by Crippen LogP contribution is 2.21. The van der Waals surface area contributed by atoms with Crippen molar-refractivity contribution < 1.29 is 13.9 Å². The molecule has 0 aliphatic carbocycles. The standard InChI is InChI=1S/C11H10BrFO2/c1-7(5-11(14)15-2)8-3-4-9(12)10(13)6-8/h3-6H,1-2H3/b7-5-. The zero-order valence-electron chi connectivity index (χ0n) is 8.38. The van der Waals surface area contributed by atoms with E-state index in [1.165, 1.54) is 19.3 Å². The number of rotatable bonds is 2. The Balaban J connectivity index is 3.01. The molecule has 0 unspecified atom stereocenters. The van der Waals surface area contributed by atoms with E-state index in [2.05, 4.69) is 20.7 Å². The van der Waals surface area contributed by atoms with Gasteiger partial charge in [0.05, 0.1) is 11.6 Å². The van der Waals surface area contributed by atoms with Gasteiger partial charge in [0.25, 0.3) is 0 Å². The summed E-state index contributed by atoms with van der Waals surface area (Å²) in [5.74, 6) is -0.805. The van der Waals surface area contributed by atoms with Crippen LogP contribution in [0.25, 0.3) is 5.57 Å². The normalized spacial score (nSPS) is 11.3. The van der Waals surface area contributed by atoms with Crippen molar-refractivity contribution in [2.75, 3.05) is 7.11 Å². The first kappa shape index (κ1) is 11.9. The van der Waals surface area contributed by atoms with Crippen LogP contribution in [0.4, 0.5) is 4.39 Å². The lowest BCUT2D eigenvalue weighted by molar-refractivity contribution is -0.134. The molecule has 80 valence electrons. The summed E-state index contributed by atoms with van der Waals surface area (Å²) in [6.45, 7) is 1.72. The summed E-state index contributed by atoms with van der Waals surface area (Å²) in [4.78, 5) is 10.9. The van der Waals surface area contributed by atoms with Crippen molar-refractivity contribution in [1.29, 1.82) is 0 Å². The second kappa shape index (κ2) is 5.07. The van der Waals surface area contributed by atoms with Crippen LogP contribution >= 0.6 is 15.9 Å². The molecular weight excluding hydrogens is 263 g/mol. The van der Waals surface area contributed by atoms with Gasteiger partial charge in [-0.25, -0.2) is 9.18 Å². The molecule has 0 N–H and O–H groups in total. The van der Waals surface area contributed by atoms with Crippen LogP contribution in [0.2, 0.25) is 0 Å². The van der Waals surface area contributed by atoms with Gasteiger partial charge in [-0.2, -0.15) is 0 Å². The molecule has 0 amide bonds. The van der Waals surface area contributed by atoms with Crippen LogP contribution < -0.4 is 0 Å². The van der Waals surface area contributed by atoms with Gasteiger partial charge in [0.1, 0.15) is 5.82 Å². The summed E-state index contributed by atoms with van der Waals surface area (Å²) in [5.41, 5.74) is 1.31. The van der Waals surface area contributed by atoms with Gasteiger partial charge in [-0.1, -0.05) is 6.07 Å². The highest BCUT2D eigenvalue weighted by molar-refractivity contribution is 9.10. The SMILES string of the molecule is COC(=O)/C=C(/C)c1ccc(Br)c(F)c1. The molecule has 1 rings (SSSR count). The second-order valence-electron chi connectivity index (χ2n) is 2.98. The molecule has 0 spiro atoms. The van der Waals surface area contributed by atoms with Gasteiger partial charge >= 0.3 is 5.97 Å². The van der Waals surface area contributed by atoms with Gasteiger partial charge in [-0.3, -0.25) is 0 Å². The van der Waals surface area contributed by atoms with Gasteiger partial charge in [0, 0.05) is 6.08 Å². The third-order valence-corrected chi connectivity index (χ3v) is 2.55. The van der Waals surface area contributed by atoms with Gasteiger partial charge in [-0.05, 0) is 46.1 Å². The van der Waals surface area contributed by atoms with Crippen molar-refractivity contribution in [1.82, 2.24) is 0 Å². The number of benzene rings is 1. The van der Waals surface area contributed by atoms with Crippen LogP contribution in [0.1, 0.15) is 12.5 Å². The first-order valence-electron chi connectivity index (χ1n) is 4.26. The average Bonchev–Trinajstić information content (AvgIpc) is 2.21. The highest BCUT2D eigenvalue weighted by Gasteiger charge is 2.03. The Morgan fingerprint density at radius 1 is 1.53 bits per heavy atom. The Kier molecular flexibility index (Phi) is 4.03. The molecule has 4 heteroatoms. The maximum atomic E-state index is 13.2. The van der Waals surface area contributed by atoms with E-state index in [1.807, 2.05) is 0 Å². The van der Waals surface area contributed by atoms with Gasteiger partial charge in [-0.15, -0.1) is 0 Å². The van der Waals surface area contributed by atoms with Crippen molar-refractivity contribution in [3.63, 3.8) is 0 Å². The third-order valence-electron chi connectivity index (χ3n) is 1.91. The number of halogens is 2. The molecule has 0 radical (unpaired) electrons. The Morgan fingerprint density at radius 3 is 2.73 bits per heavy atom. The number of carbonyl (C=O) groups is 1. The molecule has 0 saturated carbocycles. The lowest BCUT2D eigenvalue weighted by atomic mass is 10.1. The molecule has 2 nitrogen and oxygen atoms in total. The minimum absolute atomic E-state index is 0.356. The topological polar surface area (TPSA) is 26.3 Å². The van der Waals surface area contributed by atoms with E-state index in [9.17, 15) is 9.18 Å². The van der Waals surface area contributed by atoms with E-state index in [0.29, 0.717) is 15.6 Å². The monoisotopic (exact) mass is 272 g/mol. The van der Waals surface area contributed by atoms with E-state index in [-0.39, 0.29) is 5.82 Å². The van der Waals surface area contributed by atoms with Crippen molar-refractivity contribution in [2.24, 2.45) is 0 Å². The number of hydrogen-bond acceptors (Lipinski definition) is 2. The smallest absolute Gasteiger partial charge is 0.330 e. The van der Waals surface area contributed by atoms with Gasteiger partial charge < -0.3 is 4.74 Å². The summed E-state index contributed by atoms with van der Waals surface area (Å²) in [7, 11) is 1.30. The van der Waals surface area contributed by atoms with Crippen molar-refractivity contribution in [2.45, 2.75) is 6.92 Å². The highest BCUT2D eigenvalue weighted by atomic mass is 79.9. The number of carbonyl (C=O) groups excluding carboxylic acids is 1. The molecule has 1 aromatic carbocycles. The molecule has 1 aromatic rings. The summed E-state index contributed by atoms with van der Waals surface area (Å²) >= 11 is 3.06. The lowest BCUT2D eigenvalue weighted by Crippen LogP contribution is -1.96. The molecule has 0 heterocycles. The van der Waals surface area contributed by atoms with E-state index >= 15 is 0 Å². The molecule has 0 aliphatic rings. The van der Waals surface area contributed by atoms with E-state index in [1.54, 1.807) is 19.1 Å². The summed E-state index contributed by atoms with van der Waals surface area (Å²) < 4.78 is 18.0. The Bertz CT molecular complexity index is 413. The zero-order chi connectivity index (χ0) is 11.4. The van der Waals surface area contributed by atoms with Crippen molar-refractivity contribution in [3.8, 4) is 0 Å². The van der Waals surface area contributed by atoms with Crippen LogP contribution in [-0.2, 0) is 9.53 Å². The molecular formula is C11H10BrFO2. The Hall–Kier alpha value is -1.16. The van der Waals surface area contributed by atoms with E-state index in [0.717, 1.165) is 0 Å². The summed E-state index contributed by atoms with van der Waals surface area (Å²) in [6, 6.07) is 4.68. The van der Waals surface area contributed by atoms with Crippen molar-refractivity contribution in [3.05, 3.63) is 40.1 Å². The molecule has 0 bridgehead atoms. The van der Waals surface area contributed by atoms with E-state index < -0.39 is 5.97 Å². The molecule has 0 fully saturated rings. The molecule has 15 heavy (non-hydrogen) atoms.